The maximum Gasteiger partial charge on any atom is 0.273 e. The average Bonchev–Trinajstić information content (AvgIpc) is 3.00. The number of nitrogens with zero attached hydrogens (tertiary/aromatic N) is 4. The number of nitro benzene ring substituents is 1. The first-order chi connectivity index (χ1) is 19.8. The molecule has 0 radical (unpaired) electrons. The maximum atomic E-state index is 14.2. The molecular formula is C33H30N4O4. The van der Waals surface area contributed by atoms with Gasteiger partial charge in [0.25, 0.3) is 17.2 Å². The molecule has 1 amide bonds. The Labute approximate surface area is 237 Å². The Morgan fingerprint density at radius 3 is 2.39 bits per heavy atom. The largest absolute Gasteiger partial charge is 0.324 e. The standard InChI is InChI=1S/C33H30N4O4/c1-4-25-14-8-11-17-29(25)36-31(34-28-16-10-9-15-27(28)33(36)39)23(3)35(21-24-12-6-5-7-13-24)32(38)26-19-18-22(2)30(20-26)37(40)41/h5-20,23H,4,21H2,1-3H3. The van der Waals surface area contributed by atoms with Crippen LogP contribution in [0, 0.1) is 17.0 Å². The Morgan fingerprint density at radius 1 is 0.976 bits per heavy atom. The van der Waals surface area contributed by atoms with E-state index in [9.17, 15) is 19.7 Å². The summed E-state index contributed by atoms with van der Waals surface area (Å²) in [4.78, 5) is 46.0. The summed E-state index contributed by atoms with van der Waals surface area (Å²) in [5, 5.41) is 12.1. The van der Waals surface area contributed by atoms with Crippen LogP contribution in [0.1, 0.15) is 52.8 Å². The van der Waals surface area contributed by atoms with Crippen LogP contribution in [0.3, 0.4) is 0 Å². The fourth-order valence-electron chi connectivity index (χ4n) is 5.10. The summed E-state index contributed by atoms with van der Waals surface area (Å²) in [6.07, 6.45) is 0.697. The molecule has 0 fully saturated rings. The second-order valence-electron chi connectivity index (χ2n) is 9.96. The average molecular weight is 547 g/mol. The van der Waals surface area contributed by atoms with Gasteiger partial charge >= 0.3 is 0 Å². The predicted octanol–water partition coefficient (Wildman–Crippen LogP) is 6.57. The minimum atomic E-state index is -0.676. The number of nitro groups is 1. The number of rotatable bonds is 8. The van der Waals surface area contributed by atoms with Crippen molar-refractivity contribution >= 4 is 22.5 Å². The van der Waals surface area contributed by atoms with E-state index in [2.05, 4.69) is 0 Å². The summed E-state index contributed by atoms with van der Waals surface area (Å²) in [6, 6.07) is 28.2. The minimum absolute atomic E-state index is 0.124. The number of aryl methyl sites for hydroxylation is 2. The number of fused-ring (bicyclic) bond motifs is 1. The first-order valence-corrected chi connectivity index (χ1v) is 13.5. The summed E-state index contributed by atoms with van der Waals surface area (Å²) in [5.74, 6) is 0.00248. The molecule has 1 heterocycles. The molecule has 0 aliphatic heterocycles. The highest BCUT2D eigenvalue weighted by Gasteiger charge is 2.29. The topological polar surface area (TPSA) is 98.3 Å². The first-order valence-electron chi connectivity index (χ1n) is 13.5. The number of benzene rings is 4. The normalized spacial score (nSPS) is 11.8. The van der Waals surface area contributed by atoms with Gasteiger partial charge in [-0.15, -0.1) is 0 Å². The van der Waals surface area contributed by atoms with Crippen molar-refractivity contribution in [3.63, 3.8) is 0 Å². The van der Waals surface area contributed by atoms with Crippen LogP contribution in [-0.4, -0.2) is 25.3 Å². The Hall–Kier alpha value is -5.11. The molecule has 4 aromatic carbocycles. The summed E-state index contributed by atoms with van der Waals surface area (Å²) < 4.78 is 1.61. The van der Waals surface area contributed by atoms with Gasteiger partial charge in [-0.25, -0.2) is 4.98 Å². The fourth-order valence-corrected chi connectivity index (χ4v) is 5.10. The number of para-hydroxylation sites is 2. The summed E-state index contributed by atoms with van der Waals surface area (Å²) in [7, 11) is 0. The fraction of sp³-hybridized carbons (Fsp3) is 0.182. The van der Waals surface area contributed by atoms with Gasteiger partial charge in [0, 0.05) is 23.7 Å². The van der Waals surface area contributed by atoms with Crippen LogP contribution < -0.4 is 5.56 Å². The van der Waals surface area contributed by atoms with Gasteiger partial charge < -0.3 is 4.90 Å². The molecule has 0 aliphatic carbocycles. The predicted molar refractivity (Wildman–Crippen MR) is 159 cm³/mol. The molecular weight excluding hydrogens is 516 g/mol. The lowest BCUT2D eigenvalue weighted by molar-refractivity contribution is -0.385. The SMILES string of the molecule is CCc1ccccc1-n1c(C(C)N(Cc2ccccc2)C(=O)c2ccc(C)c([N+](=O)[O-])c2)nc2ccccc2c1=O. The van der Waals surface area contributed by atoms with E-state index in [0.717, 1.165) is 11.1 Å². The Morgan fingerprint density at radius 2 is 1.66 bits per heavy atom. The molecule has 0 N–H and O–H groups in total. The number of hydrogen-bond acceptors (Lipinski definition) is 5. The van der Waals surface area contributed by atoms with Gasteiger partial charge in [0.05, 0.1) is 27.6 Å². The van der Waals surface area contributed by atoms with Gasteiger partial charge in [-0.2, -0.15) is 0 Å². The highest BCUT2D eigenvalue weighted by molar-refractivity contribution is 5.95. The molecule has 1 unspecified atom stereocenters. The van der Waals surface area contributed by atoms with Gasteiger partial charge in [0.1, 0.15) is 5.82 Å². The van der Waals surface area contributed by atoms with Crippen LogP contribution in [0.15, 0.2) is 102 Å². The third kappa shape index (κ3) is 5.36. The van der Waals surface area contributed by atoms with E-state index in [4.69, 9.17) is 4.98 Å². The van der Waals surface area contributed by atoms with Crippen molar-refractivity contribution in [1.82, 2.24) is 14.5 Å². The van der Waals surface area contributed by atoms with Crippen molar-refractivity contribution in [1.29, 1.82) is 0 Å². The molecule has 0 saturated carbocycles. The Balaban J connectivity index is 1.73. The number of carbonyl (C=O) groups is 1. The number of hydrogen-bond donors (Lipinski definition) is 0. The van der Waals surface area contributed by atoms with Crippen molar-refractivity contribution in [2.75, 3.05) is 0 Å². The quantitative estimate of drug-likeness (QED) is 0.162. The summed E-state index contributed by atoms with van der Waals surface area (Å²) in [5.41, 5.74) is 3.38. The van der Waals surface area contributed by atoms with Crippen LogP contribution in [0.5, 0.6) is 0 Å². The molecule has 1 atom stereocenters. The van der Waals surface area contributed by atoms with Gasteiger partial charge in [0.2, 0.25) is 0 Å². The first kappa shape index (κ1) is 27.5. The summed E-state index contributed by atoms with van der Waals surface area (Å²) >= 11 is 0. The second kappa shape index (κ2) is 11.6. The molecule has 0 bridgehead atoms. The molecule has 8 heteroatoms. The molecule has 8 nitrogen and oxygen atoms in total. The van der Waals surface area contributed by atoms with Crippen molar-refractivity contribution < 1.29 is 9.72 Å². The van der Waals surface area contributed by atoms with Gasteiger partial charge in [-0.05, 0) is 55.7 Å². The van der Waals surface area contributed by atoms with Crippen LogP contribution >= 0.6 is 0 Å². The lowest BCUT2D eigenvalue weighted by atomic mass is 10.1. The van der Waals surface area contributed by atoms with Gasteiger partial charge in [0.15, 0.2) is 0 Å². The molecule has 41 heavy (non-hydrogen) atoms. The van der Waals surface area contributed by atoms with E-state index in [1.807, 2.05) is 74.5 Å². The van der Waals surface area contributed by atoms with E-state index in [-0.39, 0.29) is 23.4 Å². The van der Waals surface area contributed by atoms with Crippen LogP contribution in [0.25, 0.3) is 16.6 Å². The molecule has 5 rings (SSSR count). The van der Waals surface area contributed by atoms with Gasteiger partial charge in [-0.3, -0.25) is 24.3 Å². The number of amides is 1. The van der Waals surface area contributed by atoms with Crippen molar-refractivity contribution in [3.8, 4) is 5.69 Å². The second-order valence-corrected chi connectivity index (χ2v) is 9.96. The zero-order chi connectivity index (χ0) is 29.1. The zero-order valence-corrected chi connectivity index (χ0v) is 23.2. The monoisotopic (exact) mass is 546 g/mol. The van der Waals surface area contributed by atoms with Crippen LogP contribution in [0.2, 0.25) is 0 Å². The van der Waals surface area contributed by atoms with E-state index >= 15 is 0 Å². The lowest BCUT2D eigenvalue weighted by Gasteiger charge is -2.31. The third-order valence-electron chi connectivity index (χ3n) is 7.37. The molecule has 1 aromatic heterocycles. The summed E-state index contributed by atoms with van der Waals surface area (Å²) in [6.45, 7) is 5.71. The highest BCUT2D eigenvalue weighted by Crippen LogP contribution is 2.29. The highest BCUT2D eigenvalue weighted by atomic mass is 16.6. The van der Waals surface area contributed by atoms with E-state index < -0.39 is 16.9 Å². The molecule has 0 saturated heterocycles. The van der Waals surface area contributed by atoms with Crippen molar-refractivity contribution in [3.05, 3.63) is 146 Å². The lowest BCUT2D eigenvalue weighted by Crippen LogP contribution is -2.37. The van der Waals surface area contributed by atoms with Crippen LogP contribution in [0.4, 0.5) is 5.69 Å². The van der Waals surface area contributed by atoms with Crippen molar-refractivity contribution in [2.45, 2.75) is 39.8 Å². The van der Waals surface area contributed by atoms with Crippen molar-refractivity contribution in [2.24, 2.45) is 0 Å². The van der Waals surface area contributed by atoms with E-state index in [1.54, 1.807) is 46.7 Å². The van der Waals surface area contributed by atoms with Gasteiger partial charge in [-0.1, -0.05) is 73.7 Å². The van der Waals surface area contributed by atoms with Crippen LogP contribution in [-0.2, 0) is 13.0 Å². The van der Waals surface area contributed by atoms with E-state index in [0.29, 0.717) is 34.4 Å². The van der Waals surface area contributed by atoms with E-state index in [1.165, 1.54) is 6.07 Å². The maximum absolute atomic E-state index is 14.2. The molecule has 0 spiro atoms. The Kier molecular flexibility index (Phi) is 7.74. The zero-order valence-electron chi connectivity index (χ0n) is 23.2. The Bertz CT molecular complexity index is 1810. The molecule has 0 aliphatic rings. The number of carbonyl (C=O) groups excluding carboxylic acids is 1. The molecule has 5 aromatic rings. The smallest absolute Gasteiger partial charge is 0.273 e. The minimum Gasteiger partial charge on any atom is -0.324 e. The third-order valence-corrected chi connectivity index (χ3v) is 7.37. The number of aromatic nitrogens is 2. The molecule has 206 valence electrons.